The van der Waals surface area contributed by atoms with Gasteiger partial charge in [0.05, 0.1) is 5.56 Å². The third-order valence-corrected chi connectivity index (χ3v) is 5.65. The molecule has 2 N–H and O–H groups in total. The Morgan fingerprint density at radius 2 is 1.76 bits per heavy atom. The summed E-state index contributed by atoms with van der Waals surface area (Å²) >= 11 is 0. The summed E-state index contributed by atoms with van der Waals surface area (Å²) in [6, 6.07) is 16.0. The molecule has 4 rings (SSSR count). The number of amides is 2. The van der Waals surface area contributed by atoms with Crippen molar-refractivity contribution in [2.24, 2.45) is 0 Å². The summed E-state index contributed by atoms with van der Waals surface area (Å²) in [6.07, 6.45) is 6.13. The van der Waals surface area contributed by atoms with Gasteiger partial charge < -0.3 is 15.3 Å². The summed E-state index contributed by atoms with van der Waals surface area (Å²) in [5, 5.41) is 12.5. The normalized spacial score (nSPS) is 13.4. The number of aromatic nitrogens is 2. The standard InChI is InChI=1S/C25H27N5O3/c31-24(22-10-7-13-27-23(22)29-15-5-2-6-16-29)28-20-11-14-26-19(18-20)12-17-30(25(32)33)21-8-3-1-4-9-21/h1,3-4,7-11,13-14,18H,2,5-6,12,15-17H2,(H,32,33)(H,26,28,31). The summed E-state index contributed by atoms with van der Waals surface area (Å²) < 4.78 is 0. The van der Waals surface area contributed by atoms with Gasteiger partial charge in [0.25, 0.3) is 5.91 Å². The zero-order valence-electron chi connectivity index (χ0n) is 18.4. The number of carboxylic acid groups (broad SMARTS) is 1. The lowest BCUT2D eigenvalue weighted by Crippen LogP contribution is -2.32. The summed E-state index contributed by atoms with van der Waals surface area (Å²) in [6.45, 7) is 2.06. The van der Waals surface area contributed by atoms with E-state index < -0.39 is 6.09 Å². The number of hydrogen-bond donors (Lipinski definition) is 2. The Morgan fingerprint density at radius 3 is 2.52 bits per heavy atom. The van der Waals surface area contributed by atoms with Gasteiger partial charge in [-0.1, -0.05) is 18.2 Å². The van der Waals surface area contributed by atoms with Gasteiger partial charge in [-0.05, 0) is 55.7 Å². The number of nitrogens with one attached hydrogen (secondary N) is 1. The number of rotatable bonds is 7. The average molecular weight is 446 g/mol. The van der Waals surface area contributed by atoms with Crippen LogP contribution in [-0.2, 0) is 6.42 Å². The number of carbonyl (C=O) groups excluding carboxylic acids is 1. The number of hydrogen-bond acceptors (Lipinski definition) is 5. The first-order chi connectivity index (χ1) is 16.1. The molecule has 8 nitrogen and oxygen atoms in total. The quantitative estimate of drug-likeness (QED) is 0.558. The molecule has 0 unspecified atom stereocenters. The molecule has 1 saturated heterocycles. The highest BCUT2D eigenvalue weighted by molar-refractivity contribution is 6.07. The number of para-hydroxylation sites is 1. The molecule has 0 saturated carbocycles. The SMILES string of the molecule is O=C(Nc1ccnc(CCN(C(=O)O)c2ccccc2)c1)c1cccnc1N1CCCCC1. The van der Waals surface area contributed by atoms with Crippen LogP contribution < -0.4 is 15.1 Å². The maximum Gasteiger partial charge on any atom is 0.411 e. The van der Waals surface area contributed by atoms with Crippen molar-refractivity contribution in [3.63, 3.8) is 0 Å². The van der Waals surface area contributed by atoms with E-state index >= 15 is 0 Å². The summed E-state index contributed by atoms with van der Waals surface area (Å²) in [4.78, 5) is 37.0. The van der Waals surface area contributed by atoms with Crippen molar-refractivity contribution in [1.29, 1.82) is 0 Å². The highest BCUT2D eigenvalue weighted by Gasteiger charge is 2.20. The lowest BCUT2D eigenvalue weighted by atomic mass is 10.1. The van der Waals surface area contributed by atoms with Crippen molar-refractivity contribution in [3.05, 3.63) is 78.2 Å². The molecule has 2 amide bonds. The predicted octanol–water partition coefficient (Wildman–Crippen LogP) is 4.45. The van der Waals surface area contributed by atoms with E-state index in [0.29, 0.717) is 34.9 Å². The first-order valence-electron chi connectivity index (χ1n) is 11.1. The fourth-order valence-corrected chi connectivity index (χ4v) is 3.99. The summed E-state index contributed by atoms with van der Waals surface area (Å²) in [5.41, 5.74) is 2.45. The summed E-state index contributed by atoms with van der Waals surface area (Å²) in [7, 11) is 0. The van der Waals surface area contributed by atoms with Crippen LogP contribution in [-0.4, -0.2) is 46.7 Å². The topological polar surface area (TPSA) is 98.7 Å². The van der Waals surface area contributed by atoms with Crippen LogP contribution in [0.5, 0.6) is 0 Å². The van der Waals surface area contributed by atoms with Crippen LogP contribution in [0.15, 0.2) is 67.0 Å². The third-order valence-electron chi connectivity index (χ3n) is 5.65. The molecule has 1 aliphatic heterocycles. The van der Waals surface area contributed by atoms with Gasteiger partial charge in [0.2, 0.25) is 0 Å². The minimum Gasteiger partial charge on any atom is -0.465 e. The molecule has 0 atom stereocenters. The van der Waals surface area contributed by atoms with E-state index in [1.54, 1.807) is 60.9 Å². The second-order valence-corrected chi connectivity index (χ2v) is 7.93. The monoisotopic (exact) mass is 445 g/mol. The Kier molecular flexibility index (Phi) is 7.14. The van der Waals surface area contributed by atoms with Gasteiger partial charge >= 0.3 is 6.09 Å². The van der Waals surface area contributed by atoms with Gasteiger partial charge in [-0.3, -0.25) is 14.7 Å². The van der Waals surface area contributed by atoms with Crippen LogP contribution in [0.25, 0.3) is 0 Å². The molecule has 0 radical (unpaired) electrons. The van der Waals surface area contributed by atoms with Crippen LogP contribution in [0.4, 0.5) is 22.0 Å². The van der Waals surface area contributed by atoms with E-state index in [2.05, 4.69) is 20.2 Å². The van der Waals surface area contributed by atoms with Crippen LogP contribution >= 0.6 is 0 Å². The Morgan fingerprint density at radius 1 is 0.970 bits per heavy atom. The molecule has 0 spiro atoms. The number of piperidine rings is 1. The Labute approximate surface area is 192 Å². The zero-order valence-corrected chi connectivity index (χ0v) is 18.4. The van der Waals surface area contributed by atoms with Gasteiger partial charge in [0.1, 0.15) is 5.82 Å². The fourth-order valence-electron chi connectivity index (χ4n) is 3.99. The number of carbonyl (C=O) groups is 2. The van der Waals surface area contributed by atoms with E-state index in [-0.39, 0.29) is 12.5 Å². The molecule has 0 aliphatic carbocycles. The van der Waals surface area contributed by atoms with Gasteiger partial charge in [-0.25, -0.2) is 9.78 Å². The van der Waals surface area contributed by atoms with Crippen molar-refractivity contribution in [1.82, 2.24) is 9.97 Å². The van der Waals surface area contributed by atoms with Crippen LogP contribution in [0, 0.1) is 0 Å². The van der Waals surface area contributed by atoms with Gasteiger partial charge in [-0.2, -0.15) is 0 Å². The minimum atomic E-state index is -1.02. The molecule has 1 aromatic carbocycles. The lowest BCUT2D eigenvalue weighted by molar-refractivity contribution is 0.102. The molecule has 3 heterocycles. The average Bonchev–Trinajstić information content (AvgIpc) is 2.85. The second kappa shape index (κ2) is 10.6. The van der Waals surface area contributed by atoms with Gasteiger partial charge in [0.15, 0.2) is 0 Å². The molecule has 3 aromatic rings. The van der Waals surface area contributed by atoms with E-state index in [1.165, 1.54) is 11.3 Å². The van der Waals surface area contributed by atoms with Crippen molar-refractivity contribution in [3.8, 4) is 0 Å². The highest BCUT2D eigenvalue weighted by atomic mass is 16.4. The smallest absolute Gasteiger partial charge is 0.411 e. The van der Waals surface area contributed by atoms with E-state index in [4.69, 9.17) is 0 Å². The zero-order chi connectivity index (χ0) is 23.0. The largest absolute Gasteiger partial charge is 0.465 e. The van der Waals surface area contributed by atoms with Crippen molar-refractivity contribution >= 4 is 29.2 Å². The van der Waals surface area contributed by atoms with Crippen molar-refractivity contribution < 1.29 is 14.7 Å². The lowest BCUT2D eigenvalue weighted by Gasteiger charge is -2.29. The third kappa shape index (κ3) is 5.65. The Bertz CT molecular complexity index is 1100. The Balaban J connectivity index is 1.44. The number of anilines is 3. The highest BCUT2D eigenvalue weighted by Crippen LogP contribution is 2.23. The first-order valence-corrected chi connectivity index (χ1v) is 11.1. The molecule has 170 valence electrons. The first kappa shape index (κ1) is 22.3. The van der Waals surface area contributed by atoms with E-state index in [9.17, 15) is 14.7 Å². The second-order valence-electron chi connectivity index (χ2n) is 7.93. The molecule has 1 fully saturated rings. The van der Waals surface area contributed by atoms with Crippen LogP contribution in [0.3, 0.4) is 0 Å². The Hall–Kier alpha value is -3.94. The van der Waals surface area contributed by atoms with Gasteiger partial charge in [-0.15, -0.1) is 0 Å². The van der Waals surface area contributed by atoms with E-state index in [0.717, 1.165) is 25.9 Å². The number of nitrogens with zero attached hydrogens (tertiary/aromatic N) is 4. The molecule has 33 heavy (non-hydrogen) atoms. The molecule has 2 aromatic heterocycles. The number of benzene rings is 1. The predicted molar refractivity (Wildman–Crippen MR) is 128 cm³/mol. The van der Waals surface area contributed by atoms with Crippen molar-refractivity contribution in [2.75, 3.05) is 34.8 Å². The minimum absolute atomic E-state index is 0.225. The van der Waals surface area contributed by atoms with Crippen LogP contribution in [0.1, 0.15) is 35.3 Å². The molecular formula is C25H27N5O3. The number of pyridine rings is 2. The fraction of sp³-hybridized carbons (Fsp3) is 0.280. The molecule has 8 heteroatoms. The van der Waals surface area contributed by atoms with Crippen LogP contribution in [0.2, 0.25) is 0 Å². The molecular weight excluding hydrogens is 418 g/mol. The summed E-state index contributed by atoms with van der Waals surface area (Å²) in [5.74, 6) is 0.487. The maximum atomic E-state index is 13.0. The maximum absolute atomic E-state index is 13.0. The molecule has 1 aliphatic rings. The van der Waals surface area contributed by atoms with Crippen molar-refractivity contribution in [2.45, 2.75) is 25.7 Å². The molecule has 0 bridgehead atoms. The van der Waals surface area contributed by atoms with Gasteiger partial charge in [0, 0.05) is 55.5 Å². The van der Waals surface area contributed by atoms with E-state index in [1.807, 2.05) is 6.07 Å².